The number of rotatable bonds is 4. The molecular weight excluding hydrogens is 440 g/mol. The molecule has 1 aromatic heterocycles. The highest BCUT2D eigenvalue weighted by Gasteiger charge is 2.36. The highest BCUT2D eigenvalue weighted by atomic mass is 32.2. The SMILES string of the molecule is COC(=O)c1ccccc1-c1ccc(C=C2C(=N)N3N=C(c4ccccc4)SC3=NC2=O)o1. The molecule has 8 nitrogen and oxygen atoms in total. The fraction of sp³-hybridized carbons (Fsp3) is 0.0417. The zero-order valence-electron chi connectivity index (χ0n) is 17.3. The van der Waals surface area contributed by atoms with Crippen LogP contribution in [0.4, 0.5) is 0 Å². The Morgan fingerprint density at radius 2 is 1.85 bits per heavy atom. The maximum absolute atomic E-state index is 12.7. The van der Waals surface area contributed by atoms with Crippen molar-refractivity contribution in [2.24, 2.45) is 10.1 Å². The van der Waals surface area contributed by atoms with Gasteiger partial charge in [-0.2, -0.15) is 15.1 Å². The third kappa shape index (κ3) is 3.79. The number of hydrogen-bond donors (Lipinski definition) is 1. The van der Waals surface area contributed by atoms with Crippen LogP contribution in [0.1, 0.15) is 21.7 Å². The highest BCUT2D eigenvalue weighted by molar-refractivity contribution is 8.27. The fourth-order valence-corrected chi connectivity index (χ4v) is 4.29. The molecule has 2 aliphatic heterocycles. The summed E-state index contributed by atoms with van der Waals surface area (Å²) >= 11 is 1.24. The molecule has 0 aliphatic carbocycles. The number of aliphatic imine (C=N–C) groups is 1. The number of fused-ring (bicyclic) bond motifs is 1. The largest absolute Gasteiger partial charge is 0.465 e. The Kier molecular flexibility index (Phi) is 5.23. The smallest absolute Gasteiger partial charge is 0.338 e. The summed E-state index contributed by atoms with van der Waals surface area (Å²) in [5, 5.41) is 15.3. The number of methoxy groups -OCH3 is 1. The highest BCUT2D eigenvalue weighted by Crippen LogP contribution is 2.32. The summed E-state index contributed by atoms with van der Waals surface area (Å²) in [6.45, 7) is 0. The first kappa shape index (κ1) is 20.7. The van der Waals surface area contributed by atoms with E-state index in [1.807, 2.05) is 30.3 Å². The lowest BCUT2D eigenvalue weighted by Gasteiger charge is -2.19. The topological polar surface area (TPSA) is 108 Å². The molecule has 33 heavy (non-hydrogen) atoms. The Morgan fingerprint density at radius 1 is 1.09 bits per heavy atom. The Bertz CT molecular complexity index is 1390. The summed E-state index contributed by atoms with van der Waals surface area (Å²) in [5.74, 6) is -0.336. The molecule has 0 atom stereocenters. The zero-order valence-corrected chi connectivity index (χ0v) is 18.1. The van der Waals surface area contributed by atoms with Gasteiger partial charge in [-0.15, -0.1) is 0 Å². The number of furan rings is 1. The molecule has 2 aromatic carbocycles. The third-order valence-electron chi connectivity index (χ3n) is 4.99. The number of ether oxygens (including phenoxy) is 1. The van der Waals surface area contributed by atoms with Crippen molar-refractivity contribution in [3.63, 3.8) is 0 Å². The average Bonchev–Trinajstić information content (AvgIpc) is 3.49. The standard InChI is InChI=1S/C24H16N4O4S/c1-31-23(30)17-10-6-5-9-16(17)19-12-11-15(32-19)13-18-20(25)28-24(26-21(18)29)33-22(27-28)14-7-3-2-4-8-14/h2-13,25H,1H3. The van der Waals surface area contributed by atoms with Crippen LogP contribution in [0.2, 0.25) is 0 Å². The number of amides is 1. The van der Waals surface area contributed by atoms with Crippen molar-refractivity contribution < 1.29 is 18.7 Å². The lowest BCUT2D eigenvalue weighted by Crippen LogP contribution is -2.35. The Morgan fingerprint density at radius 3 is 2.64 bits per heavy atom. The van der Waals surface area contributed by atoms with Crippen LogP contribution in [0.3, 0.4) is 0 Å². The molecular formula is C24H16N4O4S. The normalized spacial score (nSPS) is 16.5. The van der Waals surface area contributed by atoms with Gasteiger partial charge < -0.3 is 9.15 Å². The first-order valence-corrected chi connectivity index (χ1v) is 10.7. The van der Waals surface area contributed by atoms with Crippen molar-refractivity contribution in [2.45, 2.75) is 0 Å². The van der Waals surface area contributed by atoms with Crippen LogP contribution >= 0.6 is 11.8 Å². The van der Waals surface area contributed by atoms with E-state index in [1.165, 1.54) is 30.0 Å². The number of thioether (sulfide) groups is 1. The maximum Gasteiger partial charge on any atom is 0.338 e. The average molecular weight is 456 g/mol. The van der Waals surface area contributed by atoms with E-state index in [4.69, 9.17) is 14.6 Å². The van der Waals surface area contributed by atoms with Crippen molar-refractivity contribution in [3.8, 4) is 11.3 Å². The predicted molar refractivity (Wildman–Crippen MR) is 126 cm³/mol. The number of hydrazone groups is 1. The number of nitrogens with zero attached hydrogens (tertiary/aromatic N) is 3. The molecule has 5 rings (SSSR count). The summed E-state index contributed by atoms with van der Waals surface area (Å²) in [4.78, 5) is 28.8. The van der Waals surface area contributed by atoms with Crippen LogP contribution in [0.5, 0.6) is 0 Å². The van der Waals surface area contributed by atoms with Crippen LogP contribution in [0, 0.1) is 5.41 Å². The third-order valence-corrected chi connectivity index (χ3v) is 5.94. The van der Waals surface area contributed by atoms with Gasteiger partial charge in [0.05, 0.1) is 18.2 Å². The summed E-state index contributed by atoms with van der Waals surface area (Å²) in [6, 6.07) is 19.8. The molecule has 1 N–H and O–H groups in total. The van der Waals surface area contributed by atoms with Gasteiger partial charge in [-0.3, -0.25) is 10.2 Å². The predicted octanol–water partition coefficient (Wildman–Crippen LogP) is 4.40. The van der Waals surface area contributed by atoms with Gasteiger partial charge in [0, 0.05) is 11.1 Å². The lowest BCUT2D eigenvalue weighted by molar-refractivity contribution is -0.114. The van der Waals surface area contributed by atoms with Crippen LogP contribution in [0.15, 0.2) is 86.8 Å². The number of carbonyl (C=O) groups excluding carboxylic acids is 2. The van der Waals surface area contributed by atoms with E-state index in [0.717, 1.165) is 5.56 Å². The fourth-order valence-electron chi connectivity index (χ4n) is 3.39. The molecule has 0 unspecified atom stereocenters. The van der Waals surface area contributed by atoms with Crippen molar-refractivity contribution in [3.05, 3.63) is 89.2 Å². The molecule has 0 radical (unpaired) electrons. The molecule has 9 heteroatoms. The molecule has 0 saturated heterocycles. The van der Waals surface area contributed by atoms with E-state index in [1.54, 1.807) is 36.4 Å². The minimum Gasteiger partial charge on any atom is -0.465 e. The summed E-state index contributed by atoms with van der Waals surface area (Å²) in [5.41, 5.74) is 1.86. The Labute approximate surface area is 192 Å². The van der Waals surface area contributed by atoms with Gasteiger partial charge in [-0.25, -0.2) is 4.79 Å². The molecule has 162 valence electrons. The van der Waals surface area contributed by atoms with E-state index in [2.05, 4.69) is 10.1 Å². The quantitative estimate of drug-likeness (QED) is 0.460. The summed E-state index contributed by atoms with van der Waals surface area (Å²) in [7, 11) is 1.31. The van der Waals surface area contributed by atoms with Gasteiger partial charge in [0.15, 0.2) is 5.84 Å². The molecule has 0 saturated carbocycles. The first-order valence-electron chi connectivity index (χ1n) is 9.88. The van der Waals surface area contributed by atoms with Gasteiger partial charge in [0.2, 0.25) is 5.17 Å². The van der Waals surface area contributed by atoms with Gasteiger partial charge in [-0.1, -0.05) is 48.5 Å². The minimum absolute atomic E-state index is 0.0552. The molecule has 1 amide bonds. The molecule has 3 heterocycles. The monoisotopic (exact) mass is 456 g/mol. The molecule has 3 aromatic rings. The molecule has 0 spiro atoms. The van der Waals surface area contributed by atoms with Crippen molar-refractivity contribution in [2.75, 3.05) is 7.11 Å². The van der Waals surface area contributed by atoms with Crippen molar-refractivity contribution in [1.82, 2.24) is 5.01 Å². The first-order chi connectivity index (χ1) is 16.0. The second-order valence-corrected chi connectivity index (χ2v) is 7.99. The molecule has 2 aliphatic rings. The van der Waals surface area contributed by atoms with Crippen molar-refractivity contribution in [1.29, 1.82) is 5.41 Å². The van der Waals surface area contributed by atoms with Crippen molar-refractivity contribution >= 4 is 45.8 Å². The number of esters is 1. The number of benzene rings is 2. The van der Waals surface area contributed by atoms with E-state index in [9.17, 15) is 9.59 Å². The Hall–Kier alpha value is -4.24. The number of carbonyl (C=O) groups is 2. The van der Waals surface area contributed by atoms with Gasteiger partial charge in [0.1, 0.15) is 16.6 Å². The molecule has 0 bridgehead atoms. The van der Waals surface area contributed by atoms with E-state index < -0.39 is 11.9 Å². The maximum atomic E-state index is 12.7. The van der Waals surface area contributed by atoms with E-state index in [0.29, 0.717) is 32.9 Å². The van der Waals surface area contributed by atoms with Gasteiger partial charge >= 0.3 is 5.97 Å². The summed E-state index contributed by atoms with van der Waals surface area (Å²) < 4.78 is 10.7. The summed E-state index contributed by atoms with van der Waals surface area (Å²) in [6.07, 6.45) is 1.45. The van der Waals surface area contributed by atoms with E-state index >= 15 is 0 Å². The van der Waals surface area contributed by atoms with Crippen LogP contribution in [-0.2, 0) is 9.53 Å². The number of hydrogen-bond acceptors (Lipinski definition) is 7. The van der Waals surface area contributed by atoms with Crippen LogP contribution < -0.4 is 0 Å². The van der Waals surface area contributed by atoms with E-state index in [-0.39, 0.29) is 11.4 Å². The van der Waals surface area contributed by atoms with Gasteiger partial charge in [-0.05, 0) is 36.0 Å². The zero-order chi connectivity index (χ0) is 22.9. The van der Waals surface area contributed by atoms with Crippen LogP contribution in [0.25, 0.3) is 17.4 Å². The number of amidine groups is 2. The minimum atomic E-state index is -0.545. The number of nitrogens with one attached hydrogen (secondary N) is 1. The molecule has 0 fully saturated rings. The van der Waals surface area contributed by atoms with Gasteiger partial charge in [0.25, 0.3) is 5.91 Å². The van der Waals surface area contributed by atoms with Crippen LogP contribution in [-0.4, -0.2) is 40.0 Å². The Balaban J connectivity index is 1.46. The lowest BCUT2D eigenvalue weighted by atomic mass is 10.1. The second kappa shape index (κ2) is 8.36. The second-order valence-electron chi connectivity index (χ2n) is 7.03.